The number of hydrogen-bond donors (Lipinski definition) is 0. The molecule has 0 saturated carbocycles. The molecule has 1 rings (SSSR count). The van der Waals surface area contributed by atoms with E-state index in [1.807, 2.05) is 0 Å². The van der Waals surface area contributed by atoms with Gasteiger partial charge in [0.05, 0.1) is 82.6 Å². The molecule has 1 aromatic carbocycles. The molecule has 30 heavy (non-hydrogen) atoms. The second-order valence-corrected chi connectivity index (χ2v) is 12.0. The summed E-state index contributed by atoms with van der Waals surface area (Å²) in [5.74, 6) is 0. The first-order valence-electron chi connectivity index (χ1n) is 12.0. The van der Waals surface area contributed by atoms with Crippen molar-refractivity contribution < 1.29 is 17.9 Å². The largest absolute Gasteiger partial charge is 0.325 e. The minimum Gasteiger partial charge on any atom is -0.325 e. The Morgan fingerprint density at radius 3 is 0.700 bits per heavy atom. The third-order valence-corrected chi connectivity index (χ3v) is 7.34. The van der Waals surface area contributed by atoms with Gasteiger partial charge in [0, 0.05) is 22.3 Å². The Hall–Kier alpha value is -0.940. The van der Waals surface area contributed by atoms with Crippen LogP contribution in [0.25, 0.3) is 0 Å². The lowest BCUT2D eigenvalue weighted by atomic mass is 9.95. The van der Waals surface area contributed by atoms with E-state index < -0.39 is 0 Å². The molecule has 0 spiro atoms. The van der Waals surface area contributed by atoms with E-state index in [0.29, 0.717) is 0 Å². The summed E-state index contributed by atoms with van der Waals surface area (Å²) >= 11 is 0. The minimum atomic E-state index is 1.04. The van der Waals surface area contributed by atoms with Crippen molar-refractivity contribution in [1.29, 1.82) is 0 Å². The van der Waals surface area contributed by atoms with Gasteiger partial charge in [-0.15, -0.1) is 0 Å². The molecule has 0 aliphatic heterocycles. The zero-order valence-corrected chi connectivity index (χ0v) is 22.6. The van der Waals surface area contributed by atoms with E-state index in [-0.39, 0.29) is 0 Å². The van der Waals surface area contributed by atoms with Gasteiger partial charge in [0.25, 0.3) is 0 Å². The molecule has 0 bridgehead atoms. The molecule has 4 heteroatoms. The molecule has 0 heterocycles. The topological polar surface area (TPSA) is 0 Å². The fourth-order valence-corrected chi connectivity index (χ4v) is 3.67. The SMILES string of the molecule is CC[N+](C)(C)Cc1cc(C[N+](C)(C)CC)c(C[N+](C)(C)CC)cc1C[N+](C)(C)CC. The fraction of sp³-hybridized carbons (Fsp3) is 0.769. The Balaban J connectivity index is 3.63. The predicted molar refractivity (Wildman–Crippen MR) is 132 cm³/mol. The van der Waals surface area contributed by atoms with E-state index in [4.69, 9.17) is 0 Å². The Kier molecular flexibility index (Phi) is 9.14. The quantitative estimate of drug-likeness (QED) is 0.445. The first-order chi connectivity index (χ1) is 13.6. The van der Waals surface area contributed by atoms with Gasteiger partial charge < -0.3 is 17.9 Å². The highest BCUT2D eigenvalue weighted by atomic mass is 15.3. The molecule has 0 unspecified atom stereocenters. The molecule has 0 N–H and O–H groups in total. The van der Waals surface area contributed by atoms with E-state index >= 15 is 0 Å². The summed E-state index contributed by atoms with van der Waals surface area (Å²) in [6.07, 6.45) is 0. The van der Waals surface area contributed by atoms with Gasteiger partial charge >= 0.3 is 0 Å². The van der Waals surface area contributed by atoms with Crippen molar-refractivity contribution in [3.63, 3.8) is 0 Å². The summed E-state index contributed by atoms with van der Waals surface area (Å²) in [7, 11) is 18.9. The summed E-state index contributed by atoms with van der Waals surface area (Å²) < 4.78 is 4.14. The second kappa shape index (κ2) is 10.1. The third-order valence-electron chi connectivity index (χ3n) is 7.34. The van der Waals surface area contributed by atoms with Crippen molar-refractivity contribution >= 4 is 0 Å². The van der Waals surface area contributed by atoms with Crippen LogP contribution in [0.4, 0.5) is 0 Å². The van der Waals surface area contributed by atoms with Gasteiger partial charge in [0.2, 0.25) is 0 Å². The van der Waals surface area contributed by atoms with Crippen LogP contribution in [0.1, 0.15) is 49.9 Å². The lowest BCUT2D eigenvalue weighted by Crippen LogP contribution is -2.42. The van der Waals surface area contributed by atoms with Crippen LogP contribution in [0.5, 0.6) is 0 Å². The monoisotopic (exact) mass is 422 g/mol. The van der Waals surface area contributed by atoms with E-state index in [1.165, 1.54) is 0 Å². The molecule has 0 aromatic heterocycles. The predicted octanol–water partition coefficient (Wildman–Crippen LogP) is 4.07. The lowest BCUT2D eigenvalue weighted by Gasteiger charge is -2.35. The van der Waals surface area contributed by atoms with Gasteiger partial charge in [0.15, 0.2) is 0 Å². The average molecular weight is 423 g/mol. The van der Waals surface area contributed by atoms with Crippen LogP contribution in [-0.4, -0.2) is 100 Å². The first-order valence-corrected chi connectivity index (χ1v) is 12.0. The van der Waals surface area contributed by atoms with E-state index in [9.17, 15) is 0 Å². The van der Waals surface area contributed by atoms with Gasteiger partial charge in [-0.2, -0.15) is 0 Å². The van der Waals surface area contributed by atoms with Crippen LogP contribution in [0.3, 0.4) is 0 Å². The van der Waals surface area contributed by atoms with Crippen LogP contribution < -0.4 is 0 Å². The summed E-state index contributed by atoms with van der Waals surface area (Å²) in [6, 6.07) is 5.17. The van der Waals surface area contributed by atoms with Crippen LogP contribution in [-0.2, 0) is 26.2 Å². The molecule has 174 valence electrons. The van der Waals surface area contributed by atoms with E-state index in [2.05, 4.69) is 96.2 Å². The molecule has 0 amide bonds. The van der Waals surface area contributed by atoms with Crippen LogP contribution in [0, 0.1) is 0 Å². The summed E-state index contributed by atoms with van der Waals surface area (Å²) in [6.45, 7) is 18.2. The maximum Gasteiger partial charge on any atom is 0.104 e. The lowest BCUT2D eigenvalue weighted by molar-refractivity contribution is -0.906. The zero-order valence-electron chi connectivity index (χ0n) is 22.6. The molecular weight excluding hydrogens is 368 g/mol. The van der Waals surface area contributed by atoms with Gasteiger partial charge in [-0.3, -0.25) is 0 Å². The number of nitrogens with zero attached hydrogens (tertiary/aromatic N) is 4. The third kappa shape index (κ3) is 8.30. The molecule has 0 fully saturated rings. The normalized spacial score (nSPS) is 13.7. The zero-order chi connectivity index (χ0) is 23.4. The smallest absolute Gasteiger partial charge is 0.104 e. The van der Waals surface area contributed by atoms with Gasteiger partial charge in [-0.1, -0.05) is 0 Å². The Labute approximate surface area is 189 Å². The summed E-state index contributed by atoms with van der Waals surface area (Å²) in [4.78, 5) is 0. The Morgan fingerprint density at radius 1 is 0.400 bits per heavy atom. The van der Waals surface area contributed by atoms with Gasteiger partial charge in [0.1, 0.15) is 26.2 Å². The summed E-state index contributed by atoms with van der Waals surface area (Å²) in [5.41, 5.74) is 6.22. The molecule has 0 radical (unpaired) electrons. The number of quaternary nitrogens is 4. The standard InChI is InChI=1S/C26H54N4/c1-13-27(5,6)19-23-17-25(21-29(9,10)15-3)26(22-30(11,12)16-4)18-24(23)20-28(7,8)14-2/h17-18H,13-16,19-22H2,1-12H3/q+4. The van der Waals surface area contributed by atoms with Crippen LogP contribution in [0.15, 0.2) is 12.1 Å². The molecule has 0 aliphatic carbocycles. The van der Waals surface area contributed by atoms with E-state index in [0.717, 1.165) is 70.3 Å². The molecule has 0 atom stereocenters. The van der Waals surface area contributed by atoms with Gasteiger partial charge in [-0.25, -0.2) is 0 Å². The number of hydrogen-bond acceptors (Lipinski definition) is 0. The minimum absolute atomic E-state index is 1.04. The van der Waals surface area contributed by atoms with Crippen molar-refractivity contribution in [2.24, 2.45) is 0 Å². The average Bonchev–Trinajstić information content (AvgIpc) is 2.64. The molecule has 4 nitrogen and oxygen atoms in total. The molecule has 1 aromatic rings. The highest BCUT2D eigenvalue weighted by Gasteiger charge is 2.27. The molecule has 0 saturated heterocycles. The van der Waals surface area contributed by atoms with Gasteiger partial charge in [-0.05, 0) is 39.8 Å². The Morgan fingerprint density at radius 2 is 0.567 bits per heavy atom. The maximum absolute atomic E-state index is 2.58. The second-order valence-electron chi connectivity index (χ2n) is 12.0. The van der Waals surface area contributed by atoms with Crippen LogP contribution in [0.2, 0.25) is 0 Å². The fourth-order valence-electron chi connectivity index (χ4n) is 3.67. The van der Waals surface area contributed by atoms with Crippen LogP contribution >= 0.6 is 0 Å². The van der Waals surface area contributed by atoms with Crippen molar-refractivity contribution in [2.45, 2.75) is 53.9 Å². The highest BCUT2D eigenvalue weighted by molar-refractivity contribution is 5.38. The highest BCUT2D eigenvalue weighted by Crippen LogP contribution is 2.27. The van der Waals surface area contributed by atoms with Crippen molar-refractivity contribution in [2.75, 3.05) is 82.6 Å². The van der Waals surface area contributed by atoms with E-state index in [1.54, 1.807) is 22.3 Å². The maximum atomic E-state index is 2.58. The molecular formula is C26H54N4+4. The first kappa shape index (κ1) is 27.1. The molecule has 0 aliphatic rings. The van der Waals surface area contributed by atoms with Crippen molar-refractivity contribution in [3.05, 3.63) is 34.4 Å². The summed E-state index contributed by atoms with van der Waals surface area (Å²) in [5, 5.41) is 0. The van der Waals surface area contributed by atoms with Crippen molar-refractivity contribution in [3.8, 4) is 0 Å². The van der Waals surface area contributed by atoms with Crippen molar-refractivity contribution in [1.82, 2.24) is 0 Å². The Bertz CT molecular complexity index is 572. The number of rotatable bonds is 12. The number of benzene rings is 1.